The predicted molar refractivity (Wildman–Crippen MR) is 18.3 cm³/mol. The monoisotopic (exact) mass is 243 g/mol. The Kier molecular flexibility index (Phi) is 20.4. The molecule has 0 saturated carbocycles. The van der Waals surface area contributed by atoms with Gasteiger partial charge in [0.2, 0.25) is 0 Å². The molecular formula is C2H3SW+. The second kappa shape index (κ2) is 9.22. The zero-order valence-corrected chi connectivity index (χ0v) is 6.07. The van der Waals surface area contributed by atoms with E-state index >= 15 is 0 Å². The molecule has 22 valence electrons. The van der Waals surface area contributed by atoms with Gasteiger partial charge in [0, 0.05) is 0 Å². The van der Waals surface area contributed by atoms with E-state index in [1.807, 2.05) is 0 Å². The van der Waals surface area contributed by atoms with Gasteiger partial charge in [-0.1, -0.05) is 0 Å². The van der Waals surface area contributed by atoms with Gasteiger partial charge in [-0.25, -0.2) is 0 Å². The summed E-state index contributed by atoms with van der Waals surface area (Å²) in [5, 5.41) is 2.33. The minimum absolute atomic E-state index is 0. The Morgan fingerprint density at radius 2 is 1.75 bits per heavy atom. The van der Waals surface area contributed by atoms with Crippen LogP contribution in [0.2, 0.25) is 0 Å². The molecule has 2 heteroatoms. The third-order valence-corrected chi connectivity index (χ3v) is 0. The standard InChI is InChI=1S/C2H3S.W/c1-2-3;/h1H3;/q-1;+2. The van der Waals surface area contributed by atoms with E-state index in [1.165, 1.54) is 0 Å². The van der Waals surface area contributed by atoms with Gasteiger partial charge in [0.05, 0.1) is 0 Å². The smallest absolute Gasteiger partial charge is 0.428 e. The first-order valence-electron chi connectivity index (χ1n) is 0.704. The van der Waals surface area contributed by atoms with E-state index in [0.717, 1.165) is 0 Å². The van der Waals surface area contributed by atoms with Crippen LogP contribution in [0.25, 0.3) is 0 Å². The topological polar surface area (TPSA) is 0 Å². The number of rotatable bonds is 0. The zero-order valence-electron chi connectivity index (χ0n) is 2.32. The van der Waals surface area contributed by atoms with Gasteiger partial charge >= 0.3 is 21.1 Å². The fourth-order valence-electron chi connectivity index (χ4n) is 0. The SMILES string of the molecule is C[C-]=S.[W+2]. The van der Waals surface area contributed by atoms with Crippen LogP contribution < -0.4 is 0 Å². The largest absolute Gasteiger partial charge is 2.00 e. The van der Waals surface area contributed by atoms with Crippen molar-refractivity contribution in [2.75, 3.05) is 0 Å². The van der Waals surface area contributed by atoms with Crippen LogP contribution in [0.1, 0.15) is 6.92 Å². The fourth-order valence-corrected chi connectivity index (χ4v) is 0. The first-order chi connectivity index (χ1) is 1.41. The number of hydrogen-bond acceptors (Lipinski definition) is 1. The molecule has 0 bridgehead atoms. The van der Waals surface area contributed by atoms with Crippen LogP contribution >= 0.6 is 12.2 Å². The normalized spacial score (nSPS) is 3.25. The molecule has 0 heterocycles. The minimum atomic E-state index is 0. The van der Waals surface area contributed by atoms with Gasteiger partial charge in [0.15, 0.2) is 0 Å². The molecule has 0 aromatic carbocycles. The van der Waals surface area contributed by atoms with Crippen LogP contribution in [0.15, 0.2) is 0 Å². The molecule has 0 radical (unpaired) electrons. The molecule has 0 aromatic heterocycles. The third-order valence-electron chi connectivity index (χ3n) is 0. The first-order valence-corrected chi connectivity index (χ1v) is 1.11. The summed E-state index contributed by atoms with van der Waals surface area (Å²) < 4.78 is 0. The Hall–Kier alpha value is 0.778. The van der Waals surface area contributed by atoms with Crippen molar-refractivity contribution in [2.45, 2.75) is 6.92 Å². The molecule has 0 aliphatic rings. The minimum Gasteiger partial charge on any atom is -0.428 e. The summed E-state index contributed by atoms with van der Waals surface area (Å²) in [4.78, 5) is 0. The maximum Gasteiger partial charge on any atom is 2.00 e. The van der Waals surface area contributed by atoms with Crippen molar-refractivity contribution in [1.82, 2.24) is 0 Å². The summed E-state index contributed by atoms with van der Waals surface area (Å²) in [7, 11) is 0. The van der Waals surface area contributed by atoms with Crippen LogP contribution in [0.3, 0.4) is 0 Å². The summed E-state index contributed by atoms with van der Waals surface area (Å²) in [5.41, 5.74) is 0. The second-order valence-corrected chi connectivity index (χ2v) is 0.612. The van der Waals surface area contributed by atoms with Gasteiger partial charge in [-0.15, -0.1) is 0 Å². The average Bonchev–Trinajstić information content (AvgIpc) is 0.918. The molecule has 4 heavy (non-hydrogen) atoms. The summed E-state index contributed by atoms with van der Waals surface area (Å²) in [6.07, 6.45) is 0. The van der Waals surface area contributed by atoms with Crippen molar-refractivity contribution in [3.05, 3.63) is 0 Å². The second-order valence-electron chi connectivity index (χ2n) is 0.204. The van der Waals surface area contributed by atoms with Gasteiger partial charge in [-0.05, 0) is 0 Å². The van der Waals surface area contributed by atoms with Gasteiger partial charge in [-0.3, -0.25) is 0 Å². The van der Waals surface area contributed by atoms with Crippen LogP contribution in [0.4, 0.5) is 0 Å². The van der Waals surface area contributed by atoms with Gasteiger partial charge in [0.25, 0.3) is 0 Å². The molecule has 0 aromatic rings. The van der Waals surface area contributed by atoms with Crippen molar-refractivity contribution >= 4 is 17.6 Å². The molecule has 0 atom stereocenters. The van der Waals surface area contributed by atoms with E-state index in [-0.39, 0.29) is 21.1 Å². The van der Waals surface area contributed by atoms with Gasteiger partial charge < -0.3 is 17.6 Å². The first kappa shape index (κ1) is 8.84. The summed E-state index contributed by atoms with van der Waals surface area (Å²) >= 11 is 4.14. The Morgan fingerprint density at radius 3 is 1.75 bits per heavy atom. The van der Waals surface area contributed by atoms with Crippen LogP contribution in [0, 0.1) is 0 Å². The Bertz CT molecular complexity index is 13.5. The molecule has 0 saturated heterocycles. The molecule has 0 spiro atoms. The van der Waals surface area contributed by atoms with E-state index in [4.69, 9.17) is 0 Å². The third kappa shape index (κ3) is 14.5. The molecule has 0 aliphatic carbocycles. The summed E-state index contributed by atoms with van der Waals surface area (Å²) in [6.45, 7) is 1.69. The Labute approximate surface area is 45.9 Å². The van der Waals surface area contributed by atoms with Crippen molar-refractivity contribution in [1.29, 1.82) is 0 Å². The molecule has 0 aliphatic heterocycles. The summed E-state index contributed by atoms with van der Waals surface area (Å²) in [6, 6.07) is 0. The van der Waals surface area contributed by atoms with E-state index in [9.17, 15) is 0 Å². The number of thiocarbonyl (C=S) groups is 1. The molecule has 0 amide bonds. The Balaban J connectivity index is 0. The molecule has 0 N–H and O–H groups in total. The van der Waals surface area contributed by atoms with Crippen LogP contribution in [-0.4, -0.2) is 5.37 Å². The quantitative estimate of drug-likeness (QED) is 0.449. The fraction of sp³-hybridized carbons (Fsp3) is 0.500. The summed E-state index contributed by atoms with van der Waals surface area (Å²) in [5.74, 6) is 0. The zero-order chi connectivity index (χ0) is 2.71. The maximum atomic E-state index is 4.14. The average molecular weight is 243 g/mol. The van der Waals surface area contributed by atoms with E-state index in [0.29, 0.717) is 0 Å². The molecule has 0 unspecified atom stereocenters. The molecule has 0 nitrogen and oxygen atoms in total. The maximum absolute atomic E-state index is 4.14. The van der Waals surface area contributed by atoms with Gasteiger partial charge in [-0.2, -0.15) is 6.92 Å². The van der Waals surface area contributed by atoms with Crippen LogP contribution in [0.5, 0.6) is 0 Å². The van der Waals surface area contributed by atoms with Crippen molar-refractivity contribution in [3.63, 3.8) is 0 Å². The number of hydrogen-bond donors (Lipinski definition) is 0. The predicted octanol–water partition coefficient (Wildman–Crippen LogP) is 0.881. The molecular weight excluding hydrogens is 240 g/mol. The van der Waals surface area contributed by atoms with E-state index in [2.05, 4.69) is 17.6 Å². The van der Waals surface area contributed by atoms with Crippen molar-refractivity contribution < 1.29 is 21.1 Å². The molecule has 0 fully saturated rings. The van der Waals surface area contributed by atoms with Crippen molar-refractivity contribution in [3.8, 4) is 0 Å². The van der Waals surface area contributed by atoms with E-state index < -0.39 is 0 Å². The van der Waals surface area contributed by atoms with E-state index in [1.54, 1.807) is 6.92 Å². The molecule has 0 rings (SSSR count). The van der Waals surface area contributed by atoms with Crippen LogP contribution in [-0.2, 0) is 21.1 Å². The van der Waals surface area contributed by atoms with Gasteiger partial charge in [0.1, 0.15) is 0 Å². The Morgan fingerprint density at radius 1 is 1.75 bits per heavy atom. The van der Waals surface area contributed by atoms with Crippen molar-refractivity contribution in [2.24, 2.45) is 0 Å².